The number of hydrazone groups is 1. The number of hydrogen-bond acceptors (Lipinski definition) is 5. The number of anilines is 1. The van der Waals surface area contributed by atoms with Crippen molar-refractivity contribution in [2.45, 2.75) is 19.8 Å². The number of aromatic hydroxyl groups is 1. The smallest absolute Gasteiger partial charge is 0.240 e. The van der Waals surface area contributed by atoms with Gasteiger partial charge in [0.1, 0.15) is 5.82 Å². The zero-order chi connectivity index (χ0) is 19.6. The molecule has 0 fully saturated rings. The molecule has 0 aliphatic carbocycles. The summed E-state index contributed by atoms with van der Waals surface area (Å²) in [5.74, 6) is -0.840. The van der Waals surface area contributed by atoms with E-state index in [1.54, 1.807) is 19.1 Å². The van der Waals surface area contributed by atoms with Crippen LogP contribution in [0.3, 0.4) is 0 Å². The van der Waals surface area contributed by atoms with Crippen molar-refractivity contribution in [2.24, 2.45) is 5.10 Å². The van der Waals surface area contributed by atoms with Crippen molar-refractivity contribution >= 4 is 23.7 Å². The predicted octanol–water partition coefficient (Wildman–Crippen LogP) is 2.80. The van der Waals surface area contributed by atoms with E-state index < -0.39 is 11.7 Å². The van der Waals surface area contributed by atoms with E-state index in [-0.39, 0.29) is 24.5 Å². The maximum atomic E-state index is 12.8. The molecule has 0 unspecified atom stereocenters. The van der Waals surface area contributed by atoms with Crippen LogP contribution in [0.25, 0.3) is 0 Å². The SMILES string of the molecule is CCOc1cc(C=NNC(=O)CCC(=O)Nc2ccc(F)cc2)ccc1O. The quantitative estimate of drug-likeness (QED) is 0.489. The van der Waals surface area contributed by atoms with Gasteiger partial charge < -0.3 is 15.2 Å². The first kappa shape index (κ1) is 19.9. The van der Waals surface area contributed by atoms with E-state index in [2.05, 4.69) is 15.8 Å². The predicted molar refractivity (Wildman–Crippen MR) is 99.3 cm³/mol. The van der Waals surface area contributed by atoms with Gasteiger partial charge in [0.15, 0.2) is 11.5 Å². The number of phenolic OH excluding ortho intramolecular Hbond substituents is 1. The molecule has 2 amide bonds. The topological polar surface area (TPSA) is 100 Å². The molecule has 2 aromatic carbocycles. The molecule has 0 aliphatic heterocycles. The van der Waals surface area contributed by atoms with Crippen LogP contribution in [-0.2, 0) is 9.59 Å². The summed E-state index contributed by atoms with van der Waals surface area (Å²) in [4.78, 5) is 23.5. The molecule has 0 aromatic heterocycles. The van der Waals surface area contributed by atoms with E-state index in [1.165, 1.54) is 36.5 Å². The lowest BCUT2D eigenvalue weighted by Crippen LogP contribution is -2.20. The largest absolute Gasteiger partial charge is 0.504 e. The van der Waals surface area contributed by atoms with Crippen LogP contribution in [0, 0.1) is 5.82 Å². The molecule has 2 aromatic rings. The molecule has 27 heavy (non-hydrogen) atoms. The highest BCUT2D eigenvalue weighted by molar-refractivity contribution is 5.93. The summed E-state index contributed by atoms with van der Waals surface area (Å²) in [5, 5.41) is 16.0. The molecule has 142 valence electrons. The zero-order valence-corrected chi connectivity index (χ0v) is 14.7. The molecule has 7 nitrogen and oxygen atoms in total. The molecule has 0 saturated carbocycles. The fraction of sp³-hybridized carbons (Fsp3) is 0.211. The number of nitrogens with one attached hydrogen (secondary N) is 2. The van der Waals surface area contributed by atoms with E-state index in [4.69, 9.17) is 4.74 Å². The summed E-state index contributed by atoms with van der Waals surface area (Å²) in [6.45, 7) is 2.21. The van der Waals surface area contributed by atoms with Gasteiger partial charge in [-0.1, -0.05) is 0 Å². The van der Waals surface area contributed by atoms with Gasteiger partial charge in [0.2, 0.25) is 11.8 Å². The zero-order valence-electron chi connectivity index (χ0n) is 14.7. The van der Waals surface area contributed by atoms with Gasteiger partial charge in [0, 0.05) is 18.5 Å². The first-order chi connectivity index (χ1) is 13.0. The minimum atomic E-state index is -0.427. The number of rotatable bonds is 8. The lowest BCUT2D eigenvalue weighted by molar-refractivity contribution is -0.124. The third-order valence-corrected chi connectivity index (χ3v) is 3.39. The molecule has 8 heteroatoms. The van der Waals surface area contributed by atoms with Crippen LogP contribution in [0.15, 0.2) is 47.6 Å². The maximum Gasteiger partial charge on any atom is 0.240 e. The molecule has 3 N–H and O–H groups in total. The normalized spacial score (nSPS) is 10.6. The highest BCUT2D eigenvalue weighted by Gasteiger charge is 2.07. The Kier molecular flexibility index (Phi) is 7.30. The fourth-order valence-corrected chi connectivity index (χ4v) is 2.10. The van der Waals surface area contributed by atoms with Crippen LogP contribution in [0.4, 0.5) is 10.1 Å². The van der Waals surface area contributed by atoms with Crippen molar-refractivity contribution in [1.29, 1.82) is 0 Å². The molecule has 0 spiro atoms. The van der Waals surface area contributed by atoms with Crippen molar-refractivity contribution in [3.63, 3.8) is 0 Å². The third-order valence-electron chi connectivity index (χ3n) is 3.39. The van der Waals surface area contributed by atoms with Gasteiger partial charge in [-0.3, -0.25) is 9.59 Å². The highest BCUT2D eigenvalue weighted by atomic mass is 19.1. The van der Waals surface area contributed by atoms with Gasteiger partial charge in [-0.05, 0) is 55.0 Å². The minimum Gasteiger partial charge on any atom is -0.504 e. The molecule has 2 rings (SSSR count). The van der Waals surface area contributed by atoms with E-state index >= 15 is 0 Å². The number of carbonyl (C=O) groups excluding carboxylic acids is 2. The van der Waals surface area contributed by atoms with Gasteiger partial charge in [0.25, 0.3) is 0 Å². The number of halogens is 1. The van der Waals surface area contributed by atoms with Gasteiger partial charge in [-0.25, -0.2) is 9.82 Å². The minimum absolute atomic E-state index is 0.0187. The number of phenols is 1. The van der Waals surface area contributed by atoms with Crippen LogP contribution < -0.4 is 15.5 Å². The van der Waals surface area contributed by atoms with Crippen molar-refractivity contribution in [2.75, 3.05) is 11.9 Å². The van der Waals surface area contributed by atoms with Gasteiger partial charge in [0.05, 0.1) is 12.8 Å². The number of benzene rings is 2. The Hall–Kier alpha value is -3.42. The standard InChI is InChI=1S/C19H20FN3O4/c1-2-27-17-11-13(3-8-16(17)24)12-21-23-19(26)10-9-18(25)22-15-6-4-14(20)5-7-15/h3-8,11-12,24H,2,9-10H2,1H3,(H,22,25)(H,23,26). The van der Waals surface area contributed by atoms with Crippen LogP contribution in [0.2, 0.25) is 0 Å². The molecule has 0 aliphatic rings. The first-order valence-electron chi connectivity index (χ1n) is 8.31. The number of carbonyl (C=O) groups is 2. The van der Waals surface area contributed by atoms with Gasteiger partial charge in [-0.2, -0.15) is 5.10 Å². The fourth-order valence-electron chi connectivity index (χ4n) is 2.10. The number of amides is 2. The van der Waals surface area contributed by atoms with E-state index in [0.29, 0.717) is 23.6 Å². The number of ether oxygens (including phenoxy) is 1. The molecular weight excluding hydrogens is 353 g/mol. The van der Waals surface area contributed by atoms with Gasteiger partial charge in [-0.15, -0.1) is 0 Å². The van der Waals surface area contributed by atoms with Crippen LogP contribution in [0.5, 0.6) is 11.5 Å². The van der Waals surface area contributed by atoms with Gasteiger partial charge >= 0.3 is 0 Å². The second-order valence-electron chi connectivity index (χ2n) is 5.51. The second kappa shape index (κ2) is 9.91. The molecule has 0 heterocycles. The van der Waals surface area contributed by atoms with Crippen molar-refractivity contribution in [3.05, 3.63) is 53.8 Å². The molecule has 0 radical (unpaired) electrons. The number of hydrogen-bond donors (Lipinski definition) is 3. The van der Waals surface area contributed by atoms with Crippen LogP contribution in [-0.4, -0.2) is 29.7 Å². The maximum absolute atomic E-state index is 12.8. The summed E-state index contributed by atoms with van der Waals surface area (Å²) in [6, 6.07) is 10.0. The molecule has 0 atom stereocenters. The third kappa shape index (κ3) is 6.77. The summed E-state index contributed by atoms with van der Waals surface area (Å²) in [7, 11) is 0. The highest BCUT2D eigenvalue weighted by Crippen LogP contribution is 2.26. The lowest BCUT2D eigenvalue weighted by atomic mass is 10.2. The Balaban J connectivity index is 1.77. The average Bonchev–Trinajstić information content (AvgIpc) is 2.65. The second-order valence-corrected chi connectivity index (χ2v) is 5.51. The molecular formula is C19H20FN3O4. The first-order valence-corrected chi connectivity index (χ1v) is 8.31. The Morgan fingerprint density at radius 2 is 1.85 bits per heavy atom. The number of nitrogens with zero attached hydrogens (tertiary/aromatic N) is 1. The van der Waals surface area contributed by atoms with Crippen LogP contribution in [0.1, 0.15) is 25.3 Å². The average molecular weight is 373 g/mol. The van der Waals surface area contributed by atoms with Crippen molar-refractivity contribution in [1.82, 2.24) is 5.43 Å². The van der Waals surface area contributed by atoms with Crippen molar-refractivity contribution < 1.29 is 23.8 Å². The van der Waals surface area contributed by atoms with E-state index in [9.17, 15) is 19.1 Å². The van der Waals surface area contributed by atoms with Crippen LogP contribution >= 0.6 is 0 Å². The summed E-state index contributed by atoms with van der Waals surface area (Å²) in [5.41, 5.74) is 3.41. The Labute approximate surface area is 155 Å². The summed E-state index contributed by atoms with van der Waals surface area (Å²) < 4.78 is 18.1. The Morgan fingerprint density at radius 1 is 1.15 bits per heavy atom. The Bertz CT molecular complexity index is 822. The lowest BCUT2D eigenvalue weighted by Gasteiger charge is -2.06. The summed E-state index contributed by atoms with van der Waals surface area (Å²) in [6.07, 6.45) is 1.31. The molecule has 0 saturated heterocycles. The van der Waals surface area contributed by atoms with E-state index in [1.807, 2.05) is 0 Å². The Morgan fingerprint density at radius 3 is 2.56 bits per heavy atom. The van der Waals surface area contributed by atoms with E-state index in [0.717, 1.165) is 0 Å². The monoisotopic (exact) mass is 373 g/mol. The molecule has 0 bridgehead atoms. The van der Waals surface area contributed by atoms with Crippen molar-refractivity contribution in [3.8, 4) is 11.5 Å². The summed E-state index contributed by atoms with van der Waals surface area (Å²) >= 11 is 0.